The van der Waals surface area contributed by atoms with Gasteiger partial charge in [0.15, 0.2) is 0 Å². The molecule has 0 saturated heterocycles. The topological polar surface area (TPSA) is 56.1 Å². The smallest absolute Gasteiger partial charge is 0.138 e. The number of thiazole rings is 1. The van der Waals surface area contributed by atoms with Crippen molar-refractivity contribution >= 4 is 11.3 Å². The summed E-state index contributed by atoms with van der Waals surface area (Å²) >= 11 is 1.73. The maximum absolute atomic E-state index is 5.84. The zero-order valence-corrected chi connectivity index (χ0v) is 15.2. The second kappa shape index (κ2) is 6.93. The minimum atomic E-state index is 0.280. The maximum Gasteiger partial charge on any atom is 0.138 e. The molecule has 1 aliphatic heterocycles. The van der Waals surface area contributed by atoms with E-state index < -0.39 is 0 Å². The van der Waals surface area contributed by atoms with Gasteiger partial charge in [-0.25, -0.2) is 9.97 Å². The number of fused-ring (bicyclic) bond motifs is 1. The first kappa shape index (κ1) is 16.2. The third kappa shape index (κ3) is 3.29. The number of pyridine rings is 1. The van der Waals surface area contributed by atoms with Crippen LogP contribution < -0.4 is 4.74 Å². The fourth-order valence-corrected chi connectivity index (χ4v) is 3.99. The molecule has 0 amide bonds. The van der Waals surface area contributed by atoms with Crippen molar-refractivity contribution in [2.45, 2.75) is 39.6 Å². The van der Waals surface area contributed by atoms with Crippen molar-refractivity contribution in [3.05, 3.63) is 58.3 Å². The summed E-state index contributed by atoms with van der Waals surface area (Å²) in [5.41, 5.74) is 4.17. The Morgan fingerprint density at radius 2 is 2.20 bits per heavy atom. The monoisotopic (exact) mass is 355 g/mol. The number of aryl methyl sites for hydroxylation is 1. The van der Waals surface area contributed by atoms with Gasteiger partial charge in [-0.2, -0.15) is 0 Å². The molecule has 3 aromatic heterocycles. The highest BCUT2D eigenvalue weighted by atomic mass is 32.1. The Labute approximate surface area is 151 Å². The molecule has 7 heteroatoms. The number of imidazole rings is 1. The van der Waals surface area contributed by atoms with Crippen LogP contribution in [0, 0.1) is 6.92 Å². The quantitative estimate of drug-likeness (QED) is 0.703. The fourth-order valence-electron chi connectivity index (χ4n) is 3.19. The second-order valence-corrected chi connectivity index (χ2v) is 7.18. The molecule has 0 unspecified atom stereocenters. The van der Waals surface area contributed by atoms with E-state index in [1.807, 2.05) is 23.8 Å². The Bertz CT molecular complexity index is 844. The highest BCUT2D eigenvalue weighted by molar-refractivity contribution is 7.09. The van der Waals surface area contributed by atoms with Crippen LogP contribution in [-0.4, -0.2) is 31.0 Å². The van der Waals surface area contributed by atoms with Crippen molar-refractivity contribution in [3.63, 3.8) is 0 Å². The van der Waals surface area contributed by atoms with Gasteiger partial charge in [0.05, 0.1) is 35.3 Å². The zero-order valence-electron chi connectivity index (χ0n) is 14.4. The molecule has 3 aromatic rings. The summed E-state index contributed by atoms with van der Waals surface area (Å²) in [6.07, 6.45) is 5.41. The lowest BCUT2D eigenvalue weighted by Gasteiger charge is -2.34. The number of ether oxygens (including phenoxy) is 1. The van der Waals surface area contributed by atoms with Gasteiger partial charge in [-0.1, -0.05) is 0 Å². The van der Waals surface area contributed by atoms with Crippen LogP contribution >= 0.6 is 11.3 Å². The maximum atomic E-state index is 5.84. The van der Waals surface area contributed by atoms with E-state index in [0.717, 1.165) is 42.6 Å². The Kier molecular flexibility index (Phi) is 4.50. The molecule has 25 heavy (non-hydrogen) atoms. The van der Waals surface area contributed by atoms with Gasteiger partial charge >= 0.3 is 0 Å². The van der Waals surface area contributed by atoms with Crippen LogP contribution in [0.2, 0.25) is 0 Å². The van der Waals surface area contributed by atoms with Crippen molar-refractivity contribution in [2.24, 2.45) is 0 Å². The van der Waals surface area contributed by atoms with Crippen LogP contribution in [0.1, 0.15) is 35.1 Å². The molecule has 0 fully saturated rings. The molecule has 0 saturated carbocycles. The van der Waals surface area contributed by atoms with Crippen molar-refractivity contribution in [1.29, 1.82) is 0 Å². The van der Waals surface area contributed by atoms with Gasteiger partial charge in [-0.15, -0.1) is 11.3 Å². The lowest BCUT2D eigenvalue weighted by Crippen LogP contribution is -2.37. The molecule has 0 aliphatic carbocycles. The van der Waals surface area contributed by atoms with Crippen molar-refractivity contribution in [1.82, 2.24) is 24.4 Å². The minimum Gasteiger partial charge on any atom is -0.486 e. The predicted octanol–water partition coefficient (Wildman–Crippen LogP) is 3.20. The summed E-state index contributed by atoms with van der Waals surface area (Å²) in [6.45, 7) is 7.69. The van der Waals surface area contributed by atoms with Gasteiger partial charge in [0.2, 0.25) is 0 Å². The van der Waals surface area contributed by atoms with E-state index in [-0.39, 0.29) is 6.04 Å². The summed E-state index contributed by atoms with van der Waals surface area (Å²) in [5.74, 6) is 1.89. The van der Waals surface area contributed by atoms with E-state index in [1.54, 1.807) is 23.7 Å². The molecule has 4 rings (SSSR count). The summed E-state index contributed by atoms with van der Waals surface area (Å²) < 4.78 is 8.12. The van der Waals surface area contributed by atoms with Gasteiger partial charge in [-0.3, -0.25) is 9.88 Å². The third-order valence-corrected chi connectivity index (χ3v) is 5.63. The van der Waals surface area contributed by atoms with E-state index in [2.05, 4.69) is 38.3 Å². The normalized spacial score (nSPS) is 17.4. The van der Waals surface area contributed by atoms with E-state index in [1.165, 1.54) is 4.88 Å². The third-order valence-electron chi connectivity index (χ3n) is 4.71. The standard InChI is InChI=1S/C18H21N5OS/c1-13-17(25-12-21-13)10-22-6-7-23-15(8-20-18(23)14(22)2)11-24-16-4-3-5-19-9-16/h3-5,8-9,12,14H,6-7,10-11H2,1-2H3/t14-/m1/s1. The molecule has 0 N–H and O–H groups in total. The lowest BCUT2D eigenvalue weighted by atomic mass is 10.2. The van der Waals surface area contributed by atoms with Gasteiger partial charge in [0, 0.05) is 30.7 Å². The highest BCUT2D eigenvalue weighted by Gasteiger charge is 2.27. The number of nitrogens with zero attached hydrogens (tertiary/aromatic N) is 5. The van der Waals surface area contributed by atoms with Crippen LogP contribution in [0.15, 0.2) is 36.2 Å². The number of aromatic nitrogens is 4. The van der Waals surface area contributed by atoms with Gasteiger partial charge in [0.1, 0.15) is 18.2 Å². The predicted molar refractivity (Wildman–Crippen MR) is 96.5 cm³/mol. The molecule has 1 atom stereocenters. The van der Waals surface area contributed by atoms with Gasteiger partial charge in [-0.05, 0) is 26.0 Å². The van der Waals surface area contributed by atoms with E-state index >= 15 is 0 Å². The summed E-state index contributed by atoms with van der Waals surface area (Å²) in [5, 5.41) is 0. The molecule has 130 valence electrons. The first-order valence-corrected chi connectivity index (χ1v) is 9.30. The second-order valence-electron chi connectivity index (χ2n) is 6.24. The molecule has 0 bridgehead atoms. The lowest BCUT2D eigenvalue weighted by molar-refractivity contribution is 0.153. The molecule has 0 radical (unpaired) electrons. The van der Waals surface area contributed by atoms with Crippen molar-refractivity contribution in [3.8, 4) is 5.75 Å². The van der Waals surface area contributed by atoms with Crippen LogP contribution in [0.4, 0.5) is 0 Å². The first-order chi connectivity index (χ1) is 12.2. The number of hydrogen-bond donors (Lipinski definition) is 0. The summed E-state index contributed by atoms with van der Waals surface area (Å²) in [7, 11) is 0. The van der Waals surface area contributed by atoms with Gasteiger partial charge in [0.25, 0.3) is 0 Å². The molecule has 6 nitrogen and oxygen atoms in total. The van der Waals surface area contributed by atoms with Crippen LogP contribution in [0.3, 0.4) is 0 Å². The highest BCUT2D eigenvalue weighted by Crippen LogP contribution is 2.28. The Hall–Kier alpha value is -2.25. The molecule has 4 heterocycles. The minimum absolute atomic E-state index is 0.280. The number of hydrogen-bond acceptors (Lipinski definition) is 6. The molecular weight excluding hydrogens is 334 g/mol. The first-order valence-electron chi connectivity index (χ1n) is 8.42. The Morgan fingerprint density at radius 3 is 2.96 bits per heavy atom. The van der Waals surface area contributed by atoms with Crippen LogP contribution in [0.25, 0.3) is 0 Å². The zero-order chi connectivity index (χ0) is 17.2. The SMILES string of the molecule is Cc1ncsc1CN1CCn2c(COc3cccnc3)cnc2[C@H]1C. The van der Waals surface area contributed by atoms with Crippen LogP contribution in [-0.2, 0) is 19.7 Å². The Balaban J connectivity index is 1.46. The van der Waals surface area contributed by atoms with Crippen molar-refractivity contribution in [2.75, 3.05) is 6.54 Å². The van der Waals surface area contributed by atoms with E-state index in [9.17, 15) is 0 Å². The molecule has 0 aromatic carbocycles. The van der Waals surface area contributed by atoms with Crippen molar-refractivity contribution < 1.29 is 4.74 Å². The fraction of sp³-hybridized carbons (Fsp3) is 0.389. The summed E-state index contributed by atoms with van der Waals surface area (Å²) in [4.78, 5) is 16.9. The largest absolute Gasteiger partial charge is 0.486 e. The summed E-state index contributed by atoms with van der Waals surface area (Å²) in [6, 6.07) is 4.08. The molecule has 1 aliphatic rings. The van der Waals surface area contributed by atoms with Gasteiger partial charge < -0.3 is 9.30 Å². The van der Waals surface area contributed by atoms with Crippen LogP contribution in [0.5, 0.6) is 5.75 Å². The number of rotatable bonds is 5. The molecular formula is C18H21N5OS. The average Bonchev–Trinajstić information content (AvgIpc) is 3.23. The van der Waals surface area contributed by atoms with E-state index in [4.69, 9.17) is 4.74 Å². The Morgan fingerprint density at radius 1 is 1.28 bits per heavy atom. The average molecular weight is 355 g/mol. The molecule has 0 spiro atoms. The van der Waals surface area contributed by atoms with E-state index in [0.29, 0.717) is 6.61 Å².